The van der Waals surface area contributed by atoms with Gasteiger partial charge in [-0.3, -0.25) is 9.59 Å². The van der Waals surface area contributed by atoms with E-state index in [4.69, 9.17) is 5.73 Å². The number of nitrogens with zero attached hydrogens (tertiary/aromatic N) is 2. The molecule has 1 saturated carbocycles. The average Bonchev–Trinajstić information content (AvgIpc) is 3.36. The summed E-state index contributed by atoms with van der Waals surface area (Å²) in [5.74, 6) is -2.35. The highest BCUT2D eigenvalue weighted by Gasteiger charge is 2.62. The first kappa shape index (κ1) is 31.1. The van der Waals surface area contributed by atoms with Crippen molar-refractivity contribution < 1.29 is 31.5 Å². The molecular formula is C32H29F5N4O2S. The maximum atomic E-state index is 13.8. The quantitative estimate of drug-likeness (QED) is 0.172. The van der Waals surface area contributed by atoms with E-state index in [1.54, 1.807) is 48.7 Å². The zero-order valence-corrected chi connectivity index (χ0v) is 24.4. The average molecular weight is 629 g/mol. The van der Waals surface area contributed by atoms with Gasteiger partial charge in [0.05, 0.1) is 12.1 Å². The predicted molar refractivity (Wildman–Crippen MR) is 161 cm³/mol. The van der Waals surface area contributed by atoms with Gasteiger partial charge in [-0.15, -0.1) is 11.3 Å². The molecule has 0 radical (unpaired) electrons. The van der Waals surface area contributed by atoms with Gasteiger partial charge in [0, 0.05) is 52.7 Å². The number of rotatable bonds is 6. The first-order valence-electron chi connectivity index (χ1n) is 13.7. The summed E-state index contributed by atoms with van der Waals surface area (Å²) >= 11 is 0.981. The van der Waals surface area contributed by atoms with Gasteiger partial charge in [0.15, 0.2) is 0 Å². The second-order valence-corrected chi connectivity index (χ2v) is 12.3. The van der Waals surface area contributed by atoms with Crippen LogP contribution < -0.4 is 11.1 Å². The monoisotopic (exact) mass is 628 g/mol. The van der Waals surface area contributed by atoms with Gasteiger partial charge in [-0.1, -0.05) is 24.3 Å². The van der Waals surface area contributed by atoms with E-state index in [0.717, 1.165) is 23.0 Å². The summed E-state index contributed by atoms with van der Waals surface area (Å²) in [6, 6.07) is 14.3. The summed E-state index contributed by atoms with van der Waals surface area (Å²) in [5.41, 5.74) is 6.47. The molecule has 1 spiro atoms. The van der Waals surface area contributed by atoms with Gasteiger partial charge in [0.25, 0.3) is 5.91 Å². The van der Waals surface area contributed by atoms with Crippen LogP contribution in [0, 0.1) is 5.41 Å². The number of hydrogen-bond donors (Lipinski definition) is 2. The number of alkyl halides is 5. The summed E-state index contributed by atoms with van der Waals surface area (Å²) < 4.78 is 67.7. The van der Waals surface area contributed by atoms with Crippen LogP contribution in [-0.2, 0) is 17.5 Å². The predicted octanol–water partition coefficient (Wildman–Crippen LogP) is 7.40. The summed E-state index contributed by atoms with van der Waals surface area (Å²) in [6.07, 6.45) is 1.24. The first-order chi connectivity index (χ1) is 20.8. The van der Waals surface area contributed by atoms with Gasteiger partial charge < -0.3 is 16.0 Å². The van der Waals surface area contributed by atoms with Crippen LogP contribution in [-0.4, -0.2) is 41.2 Å². The Labute approximate surface area is 254 Å². The molecule has 6 rings (SSSR count). The smallest absolute Gasteiger partial charge is 0.384 e. The number of carbonyl (C=O) groups is 2. The molecule has 4 aromatic rings. The first-order valence-corrected chi connectivity index (χ1v) is 14.6. The lowest BCUT2D eigenvalue weighted by molar-refractivity contribution is -0.203. The fourth-order valence-electron chi connectivity index (χ4n) is 5.68. The van der Waals surface area contributed by atoms with E-state index in [-0.39, 0.29) is 30.0 Å². The summed E-state index contributed by atoms with van der Waals surface area (Å²) in [7, 11) is 0. The molecule has 1 aliphatic heterocycles. The molecule has 2 fully saturated rings. The highest BCUT2D eigenvalue weighted by atomic mass is 32.1. The summed E-state index contributed by atoms with van der Waals surface area (Å²) in [5, 5.41) is 2.87. The van der Waals surface area contributed by atoms with Gasteiger partial charge >= 0.3 is 6.18 Å². The lowest BCUT2D eigenvalue weighted by Gasteiger charge is -2.58. The van der Waals surface area contributed by atoms with Crippen molar-refractivity contribution in [2.75, 3.05) is 18.8 Å². The Morgan fingerprint density at radius 1 is 1.07 bits per heavy atom. The van der Waals surface area contributed by atoms with Crippen molar-refractivity contribution in [1.82, 2.24) is 15.2 Å². The van der Waals surface area contributed by atoms with Gasteiger partial charge in [-0.25, -0.2) is 13.8 Å². The van der Waals surface area contributed by atoms with Gasteiger partial charge in [-0.2, -0.15) is 13.2 Å². The summed E-state index contributed by atoms with van der Waals surface area (Å²) in [6.45, 7) is 2.71. The van der Waals surface area contributed by atoms with E-state index in [1.807, 2.05) is 25.1 Å². The highest BCUT2D eigenvalue weighted by molar-refractivity contribution is 7.19. The van der Waals surface area contributed by atoms with Crippen LogP contribution in [0.25, 0.3) is 27.3 Å². The number of nitrogens with one attached hydrogen (secondary N) is 1. The molecule has 1 aliphatic carbocycles. The fraction of sp³-hybridized carbons (Fsp3) is 0.281. The third kappa shape index (κ3) is 6.75. The maximum Gasteiger partial charge on any atom is 0.417 e. The van der Waals surface area contributed by atoms with Crippen molar-refractivity contribution in [2.24, 2.45) is 5.41 Å². The summed E-state index contributed by atoms with van der Waals surface area (Å²) in [4.78, 5) is 29.3. The normalized spacial score (nSPS) is 16.6. The van der Waals surface area contributed by atoms with E-state index in [1.165, 1.54) is 4.90 Å². The number of pyridine rings is 1. The zero-order valence-electron chi connectivity index (χ0n) is 23.6. The number of amides is 2. The SMILES string of the molecule is C/C=C/c1ccc(N)nc1.O=CNCc1cc2cc(-c3ccc(C(=O)N4CC5(C4)CC(F)(F)C5)cc3)cc(C(F)(F)F)c2s1. The molecule has 44 heavy (non-hydrogen) atoms. The number of allylic oxidation sites excluding steroid dienone is 1. The van der Waals surface area contributed by atoms with E-state index in [2.05, 4.69) is 10.3 Å². The largest absolute Gasteiger partial charge is 0.417 e. The molecule has 1 saturated heterocycles. The molecule has 2 aromatic heterocycles. The standard InChI is InChI=1S/C24H19F5N2O2S.C8H10N2/c25-23(26)9-22(10-23)11-31(12-22)21(33)15-3-1-14(2-4-15)16-5-17-6-18(8-30-13-32)34-20(17)19(7-16)24(27,28)29;1-2-3-7-4-5-8(9)10-6-7/h1-7,13H,8-12H2,(H,30,32);2-6H,1H3,(H2,9,10)/b;3-2+. The molecule has 6 nitrogen and oxygen atoms in total. The van der Waals surface area contributed by atoms with Gasteiger partial charge in [-0.05, 0) is 71.5 Å². The number of nitrogen functional groups attached to an aromatic ring is 1. The molecule has 12 heteroatoms. The van der Waals surface area contributed by atoms with Crippen LogP contribution >= 0.6 is 11.3 Å². The van der Waals surface area contributed by atoms with Crippen molar-refractivity contribution in [2.45, 2.75) is 38.4 Å². The molecule has 0 bridgehead atoms. The molecule has 2 amide bonds. The Morgan fingerprint density at radius 2 is 1.77 bits per heavy atom. The molecule has 0 atom stereocenters. The number of nitrogens with two attached hydrogens (primary N) is 1. The molecule has 0 unspecified atom stereocenters. The fourth-order valence-corrected chi connectivity index (χ4v) is 6.81. The van der Waals surface area contributed by atoms with E-state index >= 15 is 0 Å². The van der Waals surface area contributed by atoms with Crippen molar-refractivity contribution in [3.05, 3.63) is 88.4 Å². The molecular weight excluding hydrogens is 599 g/mol. The number of carbonyl (C=O) groups excluding carboxylic acids is 2. The number of thiophene rings is 1. The second-order valence-electron chi connectivity index (χ2n) is 11.1. The molecule has 2 aromatic carbocycles. The lowest BCUT2D eigenvalue weighted by Crippen LogP contribution is -2.66. The Bertz CT molecular complexity index is 1680. The number of anilines is 1. The van der Waals surface area contributed by atoms with Gasteiger partial charge in [0.2, 0.25) is 12.3 Å². The molecule has 2 aliphatic rings. The second kappa shape index (κ2) is 12.0. The third-order valence-corrected chi connectivity index (χ3v) is 8.76. The number of likely N-dealkylation sites (tertiary alicyclic amines) is 1. The minimum atomic E-state index is -4.56. The van der Waals surface area contributed by atoms with Crippen molar-refractivity contribution in [3.8, 4) is 11.1 Å². The molecule has 3 N–H and O–H groups in total. The Morgan fingerprint density at radius 3 is 2.34 bits per heavy atom. The van der Waals surface area contributed by atoms with E-state index in [9.17, 15) is 31.5 Å². The molecule has 3 heterocycles. The van der Waals surface area contributed by atoms with Crippen LogP contribution in [0.15, 0.2) is 66.9 Å². The number of benzene rings is 2. The third-order valence-electron chi connectivity index (χ3n) is 7.57. The van der Waals surface area contributed by atoms with E-state index in [0.29, 0.717) is 52.3 Å². The van der Waals surface area contributed by atoms with Crippen LogP contribution in [0.2, 0.25) is 0 Å². The van der Waals surface area contributed by atoms with E-state index < -0.39 is 23.1 Å². The lowest BCUT2D eigenvalue weighted by atomic mass is 9.61. The maximum absolute atomic E-state index is 13.8. The van der Waals surface area contributed by atoms with Gasteiger partial charge in [0.1, 0.15) is 5.82 Å². The number of fused-ring (bicyclic) bond motifs is 1. The number of halogens is 5. The minimum absolute atomic E-state index is 0.0963. The van der Waals surface area contributed by atoms with Crippen molar-refractivity contribution in [1.29, 1.82) is 0 Å². The van der Waals surface area contributed by atoms with Crippen LogP contribution in [0.5, 0.6) is 0 Å². The van der Waals surface area contributed by atoms with Crippen LogP contribution in [0.3, 0.4) is 0 Å². The Hall–Kier alpha value is -4.32. The Kier molecular flexibility index (Phi) is 8.48. The topological polar surface area (TPSA) is 88.3 Å². The minimum Gasteiger partial charge on any atom is -0.384 e. The molecule has 230 valence electrons. The van der Waals surface area contributed by atoms with Crippen molar-refractivity contribution in [3.63, 3.8) is 0 Å². The Balaban J connectivity index is 0.000000328. The number of hydrogen-bond acceptors (Lipinski definition) is 5. The zero-order chi connectivity index (χ0) is 31.7. The number of aromatic nitrogens is 1. The van der Waals surface area contributed by atoms with Crippen LogP contribution in [0.4, 0.5) is 27.8 Å². The van der Waals surface area contributed by atoms with Crippen molar-refractivity contribution >= 4 is 45.6 Å². The highest BCUT2D eigenvalue weighted by Crippen LogP contribution is 2.56. The van der Waals surface area contributed by atoms with Crippen LogP contribution in [0.1, 0.15) is 46.1 Å².